The average molecular weight is 704 g/mol. The number of furan rings is 2. The Kier molecular flexibility index (Phi) is 7.17. The van der Waals surface area contributed by atoms with Crippen molar-refractivity contribution >= 4 is 71.7 Å². The molecule has 3 heteroatoms. The summed E-state index contributed by atoms with van der Waals surface area (Å²) in [7, 11) is 0. The van der Waals surface area contributed by atoms with Gasteiger partial charge in [-0.1, -0.05) is 133 Å². The van der Waals surface area contributed by atoms with Crippen LogP contribution in [0.4, 0.5) is 17.1 Å². The van der Waals surface area contributed by atoms with Crippen LogP contribution in [0, 0.1) is 0 Å². The fourth-order valence-electron chi connectivity index (χ4n) is 8.16. The molecule has 3 nitrogen and oxygen atoms in total. The molecule has 0 aliphatic rings. The van der Waals surface area contributed by atoms with Crippen LogP contribution in [0.5, 0.6) is 0 Å². The van der Waals surface area contributed by atoms with E-state index in [4.69, 9.17) is 8.83 Å². The second-order valence-corrected chi connectivity index (χ2v) is 14.1. The second-order valence-electron chi connectivity index (χ2n) is 14.1. The lowest BCUT2D eigenvalue weighted by Gasteiger charge is -2.27. The number of fused-ring (bicyclic) bond motifs is 7. The molecule has 11 rings (SSSR count). The van der Waals surface area contributed by atoms with E-state index in [1.165, 1.54) is 16.3 Å². The van der Waals surface area contributed by atoms with Crippen LogP contribution in [0.1, 0.15) is 0 Å². The van der Waals surface area contributed by atoms with E-state index in [2.05, 4.69) is 199 Å². The maximum absolute atomic E-state index is 6.95. The van der Waals surface area contributed by atoms with Gasteiger partial charge < -0.3 is 13.7 Å². The van der Waals surface area contributed by atoms with Crippen molar-refractivity contribution in [1.29, 1.82) is 0 Å². The van der Waals surface area contributed by atoms with Crippen molar-refractivity contribution < 1.29 is 8.83 Å². The third-order valence-electron chi connectivity index (χ3n) is 10.8. The maximum atomic E-state index is 6.95. The largest absolute Gasteiger partial charge is 0.456 e. The summed E-state index contributed by atoms with van der Waals surface area (Å²) in [5.41, 5.74) is 13.3. The second kappa shape index (κ2) is 12.6. The van der Waals surface area contributed by atoms with Crippen LogP contribution in [0.3, 0.4) is 0 Å². The molecule has 0 saturated heterocycles. The van der Waals surface area contributed by atoms with E-state index < -0.39 is 0 Å². The van der Waals surface area contributed by atoms with Gasteiger partial charge in [-0.05, 0) is 105 Å². The molecule has 11 aromatic rings. The number of nitrogens with zero attached hydrogens (tertiary/aromatic N) is 1. The SMILES string of the molecule is c1ccc(-c2ccc3c(c2)oc2ccc(N(c4ccc5ccccc5c4)c4ccc(-c5ccccc5)c5oc6cc(-c7ccccc7)ccc6c45)cc23)cc1. The van der Waals surface area contributed by atoms with E-state index in [1.807, 2.05) is 6.07 Å². The van der Waals surface area contributed by atoms with Crippen LogP contribution in [0.2, 0.25) is 0 Å². The van der Waals surface area contributed by atoms with Crippen LogP contribution in [-0.4, -0.2) is 0 Å². The van der Waals surface area contributed by atoms with Gasteiger partial charge in [-0.3, -0.25) is 0 Å². The number of benzene rings is 9. The van der Waals surface area contributed by atoms with E-state index in [9.17, 15) is 0 Å². The first kappa shape index (κ1) is 31.2. The van der Waals surface area contributed by atoms with E-state index in [0.717, 1.165) is 88.8 Å². The summed E-state index contributed by atoms with van der Waals surface area (Å²) in [5, 5.41) is 6.66. The molecule has 0 radical (unpaired) electrons. The van der Waals surface area contributed by atoms with E-state index in [-0.39, 0.29) is 0 Å². The molecule has 0 aliphatic heterocycles. The molecule has 0 amide bonds. The third-order valence-corrected chi connectivity index (χ3v) is 10.8. The van der Waals surface area contributed by atoms with Gasteiger partial charge in [0.1, 0.15) is 22.3 Å². The van der Waals surface area contributed by atoms with Gasteiger partial charge in [0, 0.05) is 33.1 Å². The van der Waals surface area contributed by atoms with Crippen LogP contribution >= 0.6 is 0 Å². The Balaban J connectivity index is 1.17. The van der Waals surface area contributed by atoms with Gasteiger partial charge in [-0.2, -0.15) is 0 Å². The van der Waals surface area contributed by atoms with Gasteiger partial charge in [-0.25, -0.2) is 0 Å². The van der Waals surface area contributed by atoms with Crippen molar-refractivity contribution in [2.45, 2.75) is 0 Å². The Labute approximate surface area is 317 Å². The van der Waals surface area contributed by atoms with Crippen molar-refractivity contribution in [3.63, 3.8) is 0 Å². The normalized spacial score (nSPS) is 11.6. The Bertz CT molecular complexity index is 3200. The molecule has 9 aromatic carbocycles. The standard InChI is InChI=1S/C52H33NO2/c1-4-12-34(13-5-1)39-21-25-44-46-33-42(24-29-48(46)54-49(44)31-39)53(41-23-20-36-16-10-11-19-38(36)30-41)47-28-27-43(37-17-8-3-9-18-37)52-51(47)45-26-22-40(32-50(45)55-52)35-14-6-2-7-15-35/h1-33H. The summed E-state index contributed by atoms with van der Waals surface area (Å²) in [4.78, 5) is 2.38. The average Bonchev–Trinajstić information content (AvgIpc) is 3.83. The molecule has 0 N–H and O–H groups in total. The summed E-state index contributed by atoms with van der Waals surface area (Å²) in [5.74, 6) is 0. The van der Waals surface area contributed by atoms with Crippen LogP contribution in [0.25, 0.3) is 88.0 Å². The molecule has 0 saturated carbocycles. The van der Waals surface area contributed by atoms with Gasteiger partial charge in [0.25, 0.3) is 0 Å². The molecule has 0 fully saturated rings. The summed E-state index contributed by atoms with van der Waals surface area (Å²) >= 11 is 0. The summed E-state index contributed by atoms with van der Waals surface area (Å²) in [6.45, 7) is 0. The fraction of sp³-hybridized carbons (Fsp3) is 0. The molecular formula is C52H33NO2. The lowest BCUT2D eigenvalue weighted by Crippen LogP contribution is -2.10. The Morgan fingerprint density at radius 1 is 0.327 bits per heavy atom. The molecule has 0 bridgehead atoms. The molecule has 258 valence electrons. The number of hydrogen-bond acceptors (Lipinski definition) is 3. The monoisotopic (exact) mass is 703 g/mol. The first-order valence-corrected chi connectivity index (χ1v) is 18.7. The summed E-state index contributed by atoms with van der Waals surface area (Å²) in [6, 6.07) is 70.9. The fourth-order valence-corrected chi connectivity index (χ4v) is 8.16. The number of rotatable bonds is 6. The van der Waals surface area contributed by atoms with Crippen molar-refractivity contribution in [1.82, 2.24) is 0 Å². The predicted octanol–water partition coefficient (Wildman–Crippen LogP) is 15.1. The highest BCUT2D eigenvalue weighted by molar-refractivity contribution is 6.18. The maximum Gasteiger partial charge on any atom is 0.145 e. The predicted molar refractivity (Wildman–Crippen MR) is 229 cm³/mol. The van der Waals surface area contributed by atoms with Crippen LogP contribution in [-0.2, 0) is 0 Å². The van der Waals surface area contributed by atoms with E-state index in [0.29, 0.717) is 0 Å². The molecule has 2 heterocycles. The minimum absolute atomic E-state index is 0.852. The molecular weight excluding hydrogens is 671 g/mol. The Hall–Kier alpha value is -7.36. The van der Waals surface area contributed by atoms with Gasteiger partial charge >= 0.3 is 0 Å². The first-order chi connectivity index (χ1) is 27.2. The molecule has 0 atom stereocenters. The molecule has 0 aliphatic carbocycles. The zero-order valence-electron chi connectivity index (χ0n) is 29.8. The van der Waals surface area contributed by atoms with Crippen molar-refractivity contribution in [2.24, 2.45) is 0 Å². The highest BCUT2D eigenvalue weighted by Gasteiger charge is 2.23. The Morgan fingerprint density at radius 2 is 0.909 bits per heavy atom. The molecule has 2 aromatic heterocycles. The molecule has 0 unspecified atom stereocenters. The lowest BCUT2D eigenvalue weighted by atomic mass is 9.98. The van der Waals surface area contributed by atoms with Crippen molar-refractivity contribution in [3.05, 3.63) is 200 Å². The van der Waals surface area contributed by atoms with Crippen LogP contribution in [0.15, 0.2) is 209 Å². The van der Waals surface area contributed by atoms with E-state index in [1.54, 1.807) is 0 Å². The van der Waals surface area contributed by atoms with E-state index >= 15 is 0 Å². The summed E-state index contributed by atoms with van der Waals surface area (Å²) in [6.07, 6.45) is 0. The number of hydrogen-bond donors (Lipinski definition) is 0. The quantitative estimate of drug-likeness (QED) is 0.173. The highest BCUT2D eigenvalue weighted by Crippen LogP contribution is 2.48. The first-order valence-electron chi connectivity index (χ1n) is 18.7. The highest BCUT2D eigenvalue weighted by atomic mass is 16.3. The van der Waals surface area contributed by atoms with Gasteiger partial charge in [0.15, 0.2) is 0 Å². The molecule has 0 spiro atoms. The van der Waals surface area contributed by atoms with Gasteiger partial charge in [0.05, 0.1) is 11.1 Å². The third kappa shape index (κ3) is 5.28. The topological polar surface area (TPSA) is 29.5 Å². The Morgan fingerprint density at radius 3 is 1.62 bits per heavy atom. The minimum atomic E-state index is 0.852. The van der Waals surface area contributed by atoms with Crippen LogP contribution < -0.4 is 4.90 Å². The summed E-state index contributed by atoms with van der Waals surface area (Å²) < 4.78 is 13.5. The van der Waals surface area contributed by atoms with Crippen molar-refractivity contribution in [2.75, 3.05) is 4.90 Å². The zero-order chi connectivity index (χ0) is 36.3. The minimum Gasteiger partial charge on any atom is -0.456 e. The molecule has 55 heavy (non-hydrogen) atoms. The number of anilines is 3. The zero-order valence-corrected chi connectivity index (χ0v) is 29.8. The lowest BCUT2D eigenvalue weighted by molar-refractivity contribution is 0.669. The van der Waals surface area contributed by atoms with Crippen molar-refractivity contribution in [3.8, 4) is 33.4 Å². The van der Waals surface area contributed by atoms with Gasteiger partial charge in [0.2, 0.25) is 0 Å². The van der Waals surface area contributed by atoms with Gasteiger partial charge in [-0.15, -0.1) is 0 Å². The smallest absolute Gasteiger partial charge is 0.145 e.